The van der Waals surface area contributed by atoms with Crippen LogP contribution >= 0.6 is 31.9 Å². The van der Waals surface area contributed by atoms with E-state index in [0.29, 0.717) is 29.5 Å². The van der Waals surface area contributed by atoms with Crippen LogP contribution in [0.3, 0.4) is 0 Å². The van der Waals surface area contributed by atoms with Gasteiger partial charge in [0.05, 0.1) is 9.31 Å². The standard InChI is InChI=1S/C19H22Br2F2O2/c1-5-10-12(11(6-2)15(23)8-14(10)22)9-25-18(24)17-13(7-16(20)21)19(17,3)4/h7-8,13,17H,5-6,9H2,1-4H3/t13-,17-/m0/s1. The van der Waals surface area contributed by atoms with Gasteiger partial charge in [0.25, 0.3) is 0 Å². The SMILES string of the molecule is CCc1c(F)cc(F)c(CC)c1COC(=O)[C@@H]1[C@H](C=C(Br)Br)C1(C)C. The second-order valence-corrected chi connectivity index (χ2v) is 9.64. The average molecular weight is 480 g/mol. The summed E-state index contributed by atoms with van der Waals surface area (Å²) < 4.78 is 34.4. The first-order chi connectivity index (χ1) is 11.6. The molecule has 1 saturated carbocycles. The number of ether oxygens (including phenoxy) is 1. The fourth-order valence-electron chi connectivity index (χ4n) is 3.50. The molecule has 0 unspecified atom stereocenters. The van der Waals surface area contributed by atoms with Crippen molar-refractivity contribution in [2.45, 2.75) is 47.1 Å². The third-order valence-corrected chi connectivity index (χ3v) is 5.62. The second kappa shape index (κ2) is 7.87. The quantitative estimate of drug-likeness (QED) is 0.465. The topological polar surface area (TPSA) is 26.3 Å². The summed E-state index contributed by atoms with van der Waals surface area (Å²) >= 11 is 6.63. The van der Waals surface area contributed by atoms with Crippen molar-refractivity contribution in [3.8, 4) is 0 Å². The molecule has 0 amide bonds. The largest absolute Gasteiger partial charge is 0.461 e. The van der Waals surface area contributed by atoms with Crippen LogP contribution in [0.25, 0.3) is 0 Å². The van der Waals surface area contributed by atoms with Gasteiger partial charge in [-0.1, -0.05) is 33.8 Å². The number of halogens is 4. The fraction of sp³-hybridized carbons (Fsp3) is 0.526. The maximum absolute atomic E-state index is 14.1. The summed E-state index contributed by atoms with van der Waals surface area (Å²) in [7, 11) is 0. The van der Waals surface area contributed by atoms with Crippen molar-refractivity contribution in [2.24, 2.45) is 17.3 Å². The van der Waals surface area contributed by atoms with Gasteiger partial charge in [0.15, 0.2) is 0 Å². The molecule has 1 aromatic carbocycles. The minimum absolute atomic E-state index is 0.0642. The van der Waals surface area contributed by atoms with E-state index in [1.54, 1.807) is 13.8 Å². The summed E-state index contributed by atoms with van der Waals surface area (Å²) in [5, 5.41) is 0. The Morgan fingerprint density at radius 2 is 1.68 bits per heavy atom. The molecular weight excluding hydrogens is 458 g/mol. The van der Waals surface area contributed by atoms with Crippen LogP contribution in [0.5, 0.6) is 0 Å². The second-order valence-electron chi connectivity index (χ2n) is 6.87. The van der Waals surface area contributed by atoms with Crippen LogP contribution in [0.2, 0.25) is 0 Å². The highest BCUT2D eigenvalue weighted by atomic mass is 79.9. The molecule has 2 atom stereocenters. The monoisotopic (exact) mass is 478 g/mol. The van der Waals surface area contributed by atoms with Gasteiger partial charge < -0.3 is 4.74 Å². The normalized spacial score (nSPS) is 21.0. The lowest BCUT2D eigenvalue weighted by Gasteiger charge is -2.15. The number of carbonyl (C=O) groups is 1. The summed E-state index contributed by atoms with van der Waals surface area (Å²) in [6.45, 7) is 7.51. The van der Waals surface area contributed by atoms with Crippen molar-refractivity contribution < 1.29 is 18.3 Å². The van der Waals surface area contributed by atoms with Gasteiger partial charge in [-0.05, 0) is 67.2 Å². The highest BCUT2D eigenvalue weighted by Crippen LogP contribution is 2.60. The maximum atomic E-state index is 14.1. The smallest absolute Gasteiger partial charge is 0.310 e. The lowest BCUT2D eigenvalue weighted by Crippen LogP contribution is -2.14. The maximum Gasteiger partial charge on any atom is 0.310 e. The van der Waals surface area contributed by atoms with Crippen molar-refractivity contribution in [3.05, 3.63) is 43.9 Å². The van der Waals surface area contributed by atoms with Gasteiger partial charge in [-0.2, -0.15) is 0 Å². The number of esters is 1. The highest BCUT2D eigenvalue weighted by molar-refractivity contribution is 9.28. The molecule has 6 heteroatoms. The zero-order chi connectivity index (χ0) is 18.9. The molecule has 0 heterocycles. The Balaban J connectivity index is 2.20. The Bertz CT molecular complexity index is 682. The zero-order valence-electron chi connectivity index (χ0n) is 14.8. The molecule has 25 heavy (non-hydrogen) atoms. The first-order valence-electron chi connectivity index (χ1n) is 8.33. The van der Waals surface area contributed by atoms with Crippen LogP contribution in [0.1, 0.15) is 44.4 Å². The summed E-state index contributed by atoms with van der Waals surface area (Å²) in [6, 6.07) is 0.918. The fourth-order valence-corrected chi connectivity index (χ4v) is 4.07. The summed E-state index contributed by atoms with van der Waals surface area (Å²) in [5.74, 6) is -1.69. The lowest BCUT2D eigenvalue weighted by molar-refractivity contribution is -0.147. The summed E-state index contributed by atoms with van der Waals surface area (Å²) in [5.41, 5.74) is 1.10. The van der Waals surface area contributed by atoms with Gasteiger partial charge in [0, 0.05) is 11.6 Å². The van der Waals surface area contributed by atoms with Crippen LogP contribution in [0.15, 0.2) is 15.5 Å². The van der Waals surface area contributed by atoms with Crippen LogP contribution in [0, 0.1) is 28.9 Å². The molecule has 138 valence electrons. The average Bonchev–Trinajstić information content (AvgIpc) is 3.04. The Morgan fingerprint density at radius 3 is 2.12 bits per heavy atom. The molecule has 1 aliphatic rings. The zero-order valence-corrected chi connectivity index (χ0v) is 17.9. The molecule has 1 aromatic rings. The van der Waals surface area contributed by atoms with Crippen molar-refractivity contribution in [2.75, 3.05) is 0 Å². The molecule has 0 saturated heterocycles. The number of hydrogen-bond acceptors (Lipinski definition) is 2. The number of rotatable bonds is 6. The van der Waals surface area contributed by atoms with E-state index in [1.807, 2.05) is 19.9 Å². The number of carbonyl (C=O) groups excluding carboxylic acids is 1. The predicted molar refractivity (Wildman–Crippen MR) is 102 cm³/mol. The first kappa shape index (κ1) is 20.6. The first-order valence-corrected chi connectivity index (χ1v) is 9.91. The van der Waals surface area contributed by atoms with E-state index in [4.69, 9.17) is 4.74 Å². The molecule has 0 aliphatic heterocycles. The molecule has 0 aromatic heterocycles. The van der Waals surface area contributed by atoms with Crippen molar-refractivity contribution in [1.29, 1.82) is 0 Å². The van der Waals surface area contributed by atoms with Crippen LogP contribution in [0.4, 0.5) is 8.78 Å². The molecule has 1 fully saturated rings. The van der Waals surface area contributed by atoms with Gasteiger partial charge in [-0.25, -0.2) is 8.78 Å². The molecule has 0 spiro atoms. The van der Waals surface area contributed by atoms with E-state index in [2.05, 4.69) is 31.9 Å². The molecule has 2 rings (SSSR count). The van der Waals surface area contributed by atoms with E-state index in [9.17, 15) is 13.6 Å². The van der Waals surface area contributed by atoms with Gasteiger partial charge >= 0.3 is 5.97 Å². The lowest BCUT2D eigenvalue weighted by atomic mass is 9.97. The summed E-state index contributed by atoms with van der Waals surface area (Å²) in [4.78, 5) is 12.5. The third-order valence-electron chi connectivity index (χ3n) is 5.09. The van der Waals surface area contributed by atoms with E-state index < -0.39 is 11.6 Å². The molecule has 1 aliphatic carbocycles. The Hall–Kier alpha value is -0.750. The summed E-state index contributed by atoms with van der Waals surface area (Å²) in [6.07, 6.45) is 2.77. The minimum Gasteiger partial charge on any atom is -0.461 e. The highest BCUT2D eigenvalue weighted by Gasteiger charge is 2.61. The minimum atomic E-state index is -0.584. The van der Waals surface area contributed by atoms with Gasteiger partial charge in [0.2, 0.25) is 0 Å². The number of benzene rings is 1. The van der Waals surface area contributed by atoms with Gasteiger partial charge in [-0.3, -0.25) is 4.79 Å². The van der Waals surface area contributed by atoms with E-state index in [-0.39, 0.29) is 29.8 Å². The Kier molecular flexibility index (Phi) is 6.47. The van der Waals surface area contributed by atoms with Crippen molar-refractivity contribution in [3.63, 3.8) is 0 Å². The Morgan fingerprint density at radius 1 is 1.16 bits per heavy atom. The van der Waals surface area contributed by atoms with Gasteiger partial charge in [0.1, 0.15) is 18.2 Å². The van der Waals surface area contributed by atoms with E-state index in [0.717, 1.165) is 9.46 Å². The van der Waals surface area contributed by atoms with Crippen LogP contribution < -0.4 is 0 Å². The molecule has 0 bridgehead atoms. The van der Waals surface area contributed by atoms with E-state index in [1.165, 1.54) is 0 Å². The van der Waals surface area contributed by atoms with Crippen LogP contribution in [-0.2, 0) is 29.0 Å². The Labute approximate surface area is 164 Å². The third kappa shape index (κ3) is 4.16. The van der Waals surface area contributed by atoms with Crippen molar-refractivity contribution in [1.82, 2.24) is 0 Å². The molecule has 0 N–H and O–H groups in total. The number of allylic oxidation sites excluding steroid dienone is 1. The predicted octanol–water partition coefficient (Wildman–Crippen LogP) is 6.04. The molecule has 2 nitrogen and oxygen atoms in total. The van der Waals surface area contributed by atoms with E-state index >= 15 is 0 Å². The van der Waals surface area contributed by atoms with Crippen molar-refractivity contribution >= 4 is 37.8 Å². The number of hydrogen-bond donors (Lipinski definition) is 0. The molecule has 0 radical (unpaired) electrons. The molecular formula is C19H22Br2F2O2. The van der Waals surface area contributed by atoms with Gasteiger partial charge in [-0.15, -0.1) is 0 Å². The van der Waals surface area contributed by atoms with Crippen LogP contribution in [-0.4, -0.2) is 5.97 Å².